The van der Waals surface area contributed by atoms with E-state index in [1.165, 1.54) is 0 Å². The molecule has 7 heteroatoms. The summed E-state index contributed by atoms with van der Waals surface area (Å²) in [6.45, 7) is -0.249. The quantitative estimate of drug-likeness (QED) is 0.745. The molecule has 1 atom stereocenters. The van der Waals surface area contributed by atoms with E-state index in [1.54, 1.807) is 4.90 Å². The van der Waals surface area contributed by atoms with Crippen LogP contribution in [0.1, 0.15) is 12.8 Å². The molecule has 0 aliphatic carbocycles. The van der Waals surface area contributed by atoms with Gasteiger partial charge in [-0.2, -0.15) is 13.2 Å². The molecule has 17 heavy (non-hydrogen) atoms. The number of rotatable bonds is 5. The zero-order chi connectivity index (χ0) is 12.9. The molecule has 0 aromatic carbocycles. The molecule has 1 fully saturated rings. The Morgan fingerprint density at radius 2 is 2.18 bits per heavy atom. The highest BCUT2D eigenvalue weighted by molar-refractivity contribution is 5.78. The van der Waals surface area contributed by atoms with Gasteiger partial charge in [-0.1, -0.05) is 0 Å². The summed E-state index contributed by atoms with van der Waals surface area (Å²) in [6, 6.07) is 0. The van der Waals surface area contributed by atoms with Crippen molar-refractivity contribution >= 4 is 5.91 Å². The molecule has 1 aliphatic rings. The summed E-state index contributed by atoms with van der Waals surface area (Å²) in [5, 5.41) is 10.8. The second kappa shape index (κ2) is 6.20. The Bertz CT molecular complexity index is 258. The fourth-order valence-corrected chi connectivity index (χ4v) is 1.90. The number of aliphatic hydroxyl groups excluding tert-OH is 1. The van der Waals surface area contributed by atoms with E-state index in [-0.39, 0.29) is 25.0 Å². The summed E-state index contributed by atoms with van der Waals surface area (Å²) in [5.41, 5.74) is 0. The molecule has 1 rings (SSSR count). The number of nitrogens with one attached hydrogen (secondary N) is 1. The Hall–Kier alpha value is -0.820. The van der Waals surface area contributed by atoms with Gasteiger partial charge in [-0.25, -0.2) is 0 Å². The number of aliphatic hydroxyl groups is 1. The number of hydrogen-bond donors (Lipinski definition) is 2. The molecule has 0 spiro atoms. The van der Waals surface area contributed by atoms with Crippen LogP contribution in [0.5, 0.6) is 0 Å². The molecule has 2 N–H and O–H groups in total. The third-order valence-corrected chi connectivity index (χ3v) is 2.78. The van der Waals surface area contributed by atoms with Crippen molar-refractivity contribution in [2.75, 3.05) is 32.8 Å². The van der Waals surface area contributed by atoms with Crippen molar-refractivity contribution in [2.45, 2.75) is 19.0 Å². The molecule has 1 heterocycles. The van der Waals surface area contributed by atoms with E-state index in [9.17, 15) is 18.0 Å². The van der Waals surface area contributed by atoms with Crippen molar-refractivity contribution in [1.82, 2.24) is 10.2 Å². The normalized spacial score (nSPS) is 20.9. The minimum absolute atomic E-state index is 0.0824. The van der Waals surface area contributed by atoms with Gasteiger partial charge in [0.15, 0.2) is 0 Å². The number of hydrogen-bond acceptors (Lipinski definition) is 3. The fourth-order valence-electron chi connectivity index (χ4n) is 1.90. The van der Waals surface area contributed by atoms with Gasteiger partial charge in [0.05, 0.1) is 13.1 Å². The van der Waals surface area contributed by atoms with Crippen molar-refractivity contribution in [3.63, 3.8) is 0 Å². The minimum atomic E-state index is -4.29. The van der Waals surface area contributed by atoms with Crippen LogP contribution < -0.4 is 5.32 Å². The van der Waals surface area contributed by atoms with Crippen LogP contribution in [0, 0.1) is 5.92 Å². The first-order valence-corrected chi connectivity index (χ1v) is 5.58. The van der Waals surface area contributed by atoms with Crippen molar-refractivity contribution in [2.24, 2.45) is 5.92 Å². The lowest BCUT2D eigenvalue weighted by Crippen LogP contribution is -2.40. The van der Waals surface area contributed by atoms with Crippen LogP contribution in [0.3, 0.4) is 0 Å². The van der Waals surface area contributed by atoms with Crippen molar-refractivity contribution in [1.29, 1.82) is 0 Å². The van der Waals surface area contributed by atoms with E-state index in [0.717, 1.165) is 6.42 Å². The highest BCUT2D eigenvalue weighted by atomic mass is 19.4. The number of carbonyl (C=O) groups is 1. The Kier molecular flexibility index (Phi) is 5.20. The van der Waals surface area contributed by atoms with Crippen LogP contribution >= 0.6 is 0 Å². The molecule has 0 aromatic rings. The average molecular weight is 254 g/mol. The predicted octanol–water partition coefficient (Wildman–Crippen LogP) is 0.369. The Labute approximate surface area is 97.8 Å². The van der Waals surface area contributed by atoms with E-state index >= 15 is 0 Å². The molecule has 0 bridgehead atoms. The number of alkyl halides is 3. The van der Waals surface area contributed by atoms with Crippen molar-refractivity contribution < 1.29 is 23.1 Å². The average Bonchev–Trinajstić information content (AvgIpc) is 2.65. The summed E-state index contributed by atoms with van der Waals surface area (Å²) >= 11 is 0. The van der Waals surface area contributed by atoms with Crippen LogP contribution in [-0.2, 0) is 4.79 Å². The molecular formula is C10H17F3N2O2. The first-order valence-electron chi connectivity index (χ1n) is 5.58. The van der Waals surface area contributed by atoms with Gasteiger partial charge in [0.1, 0.15) is 0 Å². The summed E-state index contributed by atoms with van der Waals surface area (Å²) in [7, 11) is 0. The monoisotopic (exact) mass is 254 g/mol. The van der Waals surface area contributed by atoms with Gasteiger partial charge in [0, 0.05) is 19.7 Å². The number of amides is 1. The van der Waals surface area contributed by atoms with Crippen LogP contribution in [-0.4, -0.2) is 54.9 Å². The van der Waals surface area contributed by atoms with Gasteiger partial charge in [-0.3, -0.25) is 4.79 Å². The Morgan fingerprint density at radius 1 is 1.47 bits per heavy atom. The molecule has 100 valence electrons. The van der Waals surface area contributed by atoms with Crippen molar-refractivity contribution in [3.05, 3.63) is 0 Å². The molecule has 0 radical (unpaired) electrons. The van der Waals surface area contributed by atoms with Crippen LogP contribution in [0.4, 0.5) is 13.2 Å². The standard InChI is InChI=1S/C10H17F3N2O2/c11-10(12,13)7-14-5-9(17)15-3-1-8(6-15)2-4-16/h8,14,16H,1-7H2. The fraction of sp³-hybridized carbons (Fsp3) is 0.900. The third-order valence-electron chi connectivity index (χ3n) is 2.78. The summed E-state index contributed by atoms with van der Waals surface area (Å²) < 4.78 is 35.5. The lowest BCUT2D eigenvalue weighted by Gasteiger charge is -2.17. The molecule has 1 aliphatic heterocycles. The number of carbonyl (C=O) groups excluding carboxylic acids is 1. The Balaban J connectivity index is 2.21. The second-order valence-corrected chi connectivity index (χ2v) is 4.23. The zero-order valence-corrected chi connectivity index (χ0v) is 9.46. The molecule has 0 aromatic heterocycles. The SMILES string of the molecule is O=C(CNCC(F)(F)F)N1CCC(CCO)C1. The first-order chi connectivity index (χ1) is 7.92. The number of nitrogens with zero attached hydrogens (tertiary/aromatic N) is 1. The molecule has 1 unspecified atom stereocenters. The topological polar surface area (TPSA) is 52.6 Å². The van der Waals surface area contributed by atoms with E-state index in [0.29, 0.717) is 19.5 Å². The molecule has 1 amide bonds. The van der Waals surface area contributed by atoms with Crippen LogP contribution in [0.15, 0.2) is 0 Å². The lowest BCUT2D eigenvalue weighted by atomic mass is 10.1. The van der Waals surface area contributed by atoms with Gasteiger partial charge < -0.3 is 15.3 Å². The van der Waals surface area contributed by atoms with Crippen LogP contribution in [0.2, 0.25) is 0 Å². The van der Waals surface area contributed by atoms with E-state index in [1.807, 2.05) is 0 Å². The van der Waals surface area contributed by atoms with Crippen LogP contribution in [0.25, 0.3) is 0 Å². The maximum Gasteiger partial charge on any atom is 0.401 e. The summed E-state index contributed by atoms with van der Waals surface area (Å²) in [5.74, 6) is -0.0405. The van der Waals surface area contributed by atoms with E-state index in [2.05, 4.69) is 5.32 Å². The largest absolute Gasteiger partial charge is 0.401 e. The van der Waals surface area contributed by atoms with E-state index < -0.39 is 12.7 Å². The van der Waals surface area contributed by atoms with Gasteiger partial charge in [0.2, 0.25) is 5.91 Å². The van der Waals surface area contributed by atoms with Gasteiger partial charge >= 0.3 is 6.18 Å². The number of likely N-dealkylation sites (tertiary alicyclic amines) is 1. The van der Waals surface area contributed by atoms with Gasteiger partial charge in [-0.15, -0.1) is 0 Å². The molecular weight excluding hydrogens is 237 g/mol. The highest BCUT2D eigenvalue weighted by Crippen LogP contribution is 2.19. The molecule has 1 saturated heterocycles. The maximum absolute atomic E-state index is 11.8. The number of halogens is 3. The highest BCUT2D eigenvalue weighted by Gasteiger charge is 2.28. The predicted molar refractivity (Wildman–Crippen MR) is 55.3 cm³/mol. The third kappa shape index (κ3) is 5.36. The van der Waals surface area contributed by atoms with Gasteiger partial charge in [0.25, 0.3) is 0 Å². The molecule has 4 nitrogen and oxygen atoms in total. The van der Waals surface area contributed by atoms with Crippen molar-refractivity contribution in [3.8, 4) is 0 Å². The zero-order valence-electron chi connectivity index (χ0n) is 9.46. The lowest BCUT2D eigenvalue weighted by molar-refractivity contribution is -0.133. The summed E-state index contributed by atoms with van der Waals surface area (Å²) in [6.07, 6.45) is -2.84. The minimum Gasteiger partial charge on any atom is -0.396 e. The van der Waals surface area contributed by atoms with E-state index in [4.69, 9.17) is 5.11 Å². The first kappa shape index (κ1) is 14.2. The Morgan fingerprint density at radius 3 is 2.76 bits per heavy atom. The van der Waals surface area contributed by atoms with Gasteiger partial charge in [-0.05, 0) is 18.8 Å². The smallest absolute Gasteiger partial charge is 0.396 e. The molecule has 0 saturated carbocycles. The summed E-state index contributed by atoms with van der Waals surface area (Å²) in [4.78, 5) is 13.1. The maximum atomic E-state index is 11.8. The second-order valence-electron chi connectivity index (χ2n) is 4.23.